The largest absolute Gasteiger partial charge is 0.456 e. The van der Waals surface area contributed by atoms with Gasteiger partial charge < -0.3 is 9.73 Å². The molecule has 1 N–H and O–H groups in total. The van der Waals surface area contributed by atoms with Crippen molar-refractivity contribution < 1.29 is 22.4 Å². The van der Waals surface area contributed by atoms with E-state index < -0.39 is 17.6 Å². The van der Waals surface area contributed by atoms with Crippen LogP contribution >= 0.6 is 0 Å². The minimum absolute atomic E-state index is 0.0329. The van der Waals surface area contributed by atoms with Gasteiger partial charge in [0, 0.05) is 0 Å². The van der Waals surface area contributed by atoms with Gasteiger partial charge in [0.2, 0.25) is 0 Å². The first-order valence-electron chi connectivity index (χ1n) is 5.42. The molecule has 0 saturated carbocycles. The summed E-state index contributed by atoms with van der Waals surface area (Å²) in [4.78, 5) is 11.7. The summed E-state index contributed by atoms with van der Waals surface area (Å²) in [5.74, 6) is -0.242. The van der Waals surface area contributed by atoms with E-state index in [4.69, 9.17) is 4.42 Å². The zero-order valence-electron chi connectivity index (χ0n) is 9.91. The number of amides is 1. The van der Waals surface area contributed by atoms with Gasteiger partial charge in [0.05, 0.1) is 11.3 Å². The summed E-state index contributed by atoms with van der Waals surface area (Å²) in [7, 11) is 0. The van der Waals surface area contributed by atoms with E-state index in [0.29, 0.717) is 5.76 Å². The van der Waals surface area contributed by atoms with Crippen LogP contribution in [0.1, 0.15) is 21.9 Å². The lowest BCUT2D eigenvalue weighted by molar-refractivity contribution is -0.136. The van der Waals surface area contributed by atoms with Gasteiger partial charge in [0.15, 0.2) is 5.76 Å². The maximum atomic E-state index is 12.7. The predicted octanol–water partition coefficient (Wildman–Crippen LogP) is 3.86. The molecule has 0 aliphatic carbocycles. The van der Waals surface area contributed by atoms with E-state index in [-0.39, 0.29) is 11.4 Å². The fraction of sp³-hybridized carbons (Fsp3) is 0.154. The molecule has 2 rings (SSSR count). The average Bonchev–Trinajstić information content (AvgIpc) is 2.75. The molecular formula is C13H10F3NO2. The molecule has 19 heavy (non-hydrogen) atoms. The SMILES string of the molecule is Cc1ccc(C(=O)Nc2ccccc2C(F)(F)F)o1. The van der Waals surface area contributed by atoms with Crippen molar-refractivity contribution in [2.75, 3.05) is 5.32 Å². The zero-order chi connectivity index (χ0) is 14.0. The number of halogens is 3. The van der Waals surface area contributed by atoms with Gasteiger partial charge in [-0.25, -0.2) is 0 Å². The monoisotopic (exact) mass is 269 g/mol. The Bertz CT molecular complexity index is 602. The molecule has 1 aromatic carbocycles. The highest BCUT2D eigenvalue weighted by Crippen LogP contribution is 2.34. The number of anilines is 1. The number of nitrogens with one attached hydrogen (secondary N) is 1. The Morgan fingerprint density at radius 2 is 1.84 bits per heavy atom. The molecule has 2 aromatic rings. The second-order valence-electron chi connectivity index (χ2n) is 3.91. The van der Waals surface area contributed by atoms with Crippen molar-refractivity contribution in [1.29, 1.82) is 0 Å². The third-order valence-electron chi connectivity index (χ3n) is 2.44. The van der Waals surface area contributed by atoms with Gasteiger partial charge in [-0.15, -0.1) is 0 Å². The van der Waals surface area contributed by atoms with E-state index in [1.165, 1.54) is 24.3 Å². The van der Waals surface area contributed by atoms with Crippen molar-refractivity contribution in [1.82, 2.24) is 0 Å². The standard InChI is InChI=1S/C13H10F3NO2/c1-8-6-7-11(19-8)12(18)17-10-5-3-2-4-9(10)13(14,15)16/h2-7H,1H3,(H,17,18). The summed E-state index contributed by atoms with van der Waals surface area (Å²) in [5, 5.41) is 2.19. The number of alkyl halides is 3. The maximum Gasteiger partial charge on any atom is 0.418 e. The summed E-state index contributed by atoms with van der Waals surface area (Å²) in [5.41, 5.74) is -1.19. The summed E-state index contributed by atoms with van der Waals surface area (Å²) in [6, 6.07) is 7.73. The van der Waals surface area contributed by atoms with Crippen LogP contribution in [0, 0.1) is 6.92 Å². The molecule has 0 aliphatic rings. The molecule has 0 spiro atoms. The van der Waals surface area contributed by atoms with Crippen molar-refractivity contribution in [3.63, 3.8) is 0 Å². The molecule has 0 fully saturated rings. The van der Waals surface area contributed by atoms with E-state index in [1.54, 1.807) is 13.0 Å². The highest BCUT2D eigenvalue weighted by molar-refractivity contribution is 6.02. The van der Waals surface area contributed by atoms with Crippen LogP contribution in [0.15, 0.2) is 40.8 Å². The third kappa shape index (κ3) is 2.96. The van der Waals surface area contributed by atoms with Crippen LogP contribution in [0.2, 0.25) is 0 Å². The highest BCUT2D eigenvalue weighted by atomic mass is 19.4. The summed E-state index contributed by atoms with van der Waals surface area (Å²) < 4.78 is 43.2. The van der Waals surface area contributed by atoms with E-state index in [2.05, 4.69) is 5.32 Å². The van der Waals surface area contributed by atoms with Crippen LogP contribution in [0.3, 0.4) is 0 Å². The van der Waals surface area contributed by atoms with E-state index in [1.807, 2.05) is 0 Å². The van der Waals surface area contributed by atoms with Crippen molar-refractivity contribution in [3.8, 4) is 0 Å². The Morgan fingerprint density at radius 3 is 2.42 bits per heavy atom. The van der Waals surface area contributed by atoms with Gasteiger partial charge >= 0.3 is 6.18 Å². The predicted molar refractivity (Wildman–Crippen MR) is 62.8 cm³/mol. The minimum Gasteiger partial charge on any atom is -0.456 e. The van der Waals surface area contributed by atoms with Gasteiger partial charge in [-0.2, -0.15) is 13.2 Å². The Morgan fingerprint density at radius 1 is 1.16 bits per heavy atom. The van der Waals surface area contributed by atoms with E-state index in [0.717, 1.165) is 6.07 Å². The number of aryl methyl sites for hydroxylation is 1. The van der Waals surface area contributed by atoms with Crippen LogP contribution in [0.5, 0.6) is 0 Å². The van der Waals surface area contributed by atoms with Crippen molar-refractivity contribution >= 4 is 11.6 Å². The molecule has 0 atom stereocenters. The number of rotatable bonds is 2. The van der Waals surface area contributed by atoms with Gasteiger partial charge in [-0.3, -0.25) is 4.79 Å². The molecule has 6 heteroatoms. The van der Waals surface area contributed by atoms with Gasteiger partial charge in [0.1, 0.15) is 5.76 Å². The summed E-state index contributed by atoms with van der Waals surface area (Å²) in [6.07, 6.45) is -4.52. The minimum atomic E-state index is -4.52. The molecule has 3 nitrogen and oxygen atoms in total. The summed E-state index contributed by atoms with van der Waals surface area (Å²) >= 11 is 0. The first-order valence-corrected chi connectivity index (χ1v) is 5.42. The quantitative estimate of drug-likeness (QED) is 0.899. The van der Waals surface area contributed by atoms with Gasteiger partial charge in [-0.1, -0.05) is 12.1 Å². The molecule has 100 valence electrons. The van der Waals surface area contributed by atoms with Crippen LogP contribution in [0.25, 0.3) is 0 Å². The number of hydrogen-bond acceptors (Lipinski definition) is 2. The van der Waals surface area contributed by atoms with Crippen molar-refractivity contribution in [3.05, 3.63) is 53.5 Å². The normalized spacial score (nSPS) is 11.4. The number of carbonyl (C=O) groups is 1. The van der Waals surface area contributed by atoms with Crippen LogP contribution in [0.4, 0.5) is 18.9 Å². The molecular weight excluding hydrogens is 259 g/mol. The Kier molecular flexibility index (Phi) is 3.33. The number of carbonyl (C=O) groups excluding carboxylic acids is 1. The van der Waals surface area contributed by atoms with Crippen molar-refractivity contribution in [2.24, 2.45) is 0 Å². The molecule has 1 heterocycles. The molecule has 0 saturated heterocycles. The zero-order valence-corrected chi connectivity index (χ0v) is 9.91. The third-order valence-corrected chi connectivity index (χ3v) is 2.44. The Balaban J connectivity index is 2.27. The first kappa shape index (κ1) is 13.2. The lowest BCUT2D eigenvalue weighted by atomic mass is 10.1. The Labute approximate surface area is 107 Å². The highest BCUT2D eigenvalue weighted by Gasteiger charge is 2.33. The average molecular weight is 269 g/mol. The molecule has 0 aliphatic heterocycles. The van der Waals surface area contributed by atoms with Crippen molar-refractivity contribution in [2.45, 2.75) is 13.1 Å². The second kappa shape index (κ2) is 4.79. The van der Waals surface area contributed by atoms with Gasteiger partial charge in [0.25, 0.3) is 5.91 Å². The maximum absolute atomic E-state index is 12.7. The molecule has 0 bridgehead atoms. The smallest absolute Gasteiger partial charge is 0.418 e. The first-order chi connectivity index (χ1) is 8.88. The fourth-order valence-electron chi connectivity index (χ4n) is 1.58. The van der Waals surface area contributed by atoms with E-state index >= 15 is 0 Å². The fourth-order valence-corrected chi connectivity index (χ4v) is 1.58. The Hall–Kier alpha value is -2.24. The van der Waals surface area contributed by atoms with Crippen LogP contribution in [-0.4, -0.2) is 5.91 Å². The number of furan rings is 1. The molecule has 1 amide bonds. The number of para-hydroxylation sites is 1. The molecule has 0 unspecified atom stereocenters. The van der Waals surface area contributed by atoms with Crippen LogP contribution < -0.4 is 5.32 Å². The summed E-state index contributed by atoms with van der Waals surface area (Å²) in [6.45, 7) is 1.64. The van der Waals surface area contributed by atoms with Crippen LogP contribution in [-0.2, 0) is 6.18 Å². The van der Waals surface area contributed by atoms with Gasteiger partial charge in [-0.05, 0) is 31.2 Å². The van der Waals surface area contributed by atoms with E-state index in [9.17, 15) is 18.0 Å². The second-order valence-corrected chi connectivity index (χ2v) is 3.91. The topological polar surface area (TPSA) is 42.2 Å². The number of benzene rings is 1. The lowest BCUT2D eigenvalue weighted by Crippen LogP contribution is -2.16. The molecule has 1 aromatic heterocycles. The molecule has 0 radical (unpaired) electrons. The number of hydrogen-bond donors (Lipinski definition) is 1. The lowest BCUT2D eigenvalue weighted by Gasteiger charge is -2.12.